The molecule has 30 heavy (non-hydrogen) atoms. The Morgan fingerprint density at radius 1 is 0.833 bits per heavy atom. The summed E-state index contributed by atoms with van der Waals surface area (Å²) in [5, 5.41) is 8.99. The summed E-state index contributed by atoms with van der Waals surface area (Å²) in [6, 6.07) is 7.66. The lowest BCUT2D eigenvalue weighted by Gasteiger charge is -2.15. The Balaban J connectivity index is 1.95. The van der Waals surface area contributed by atoms with Crippen LogP contribution in [0.3, 0.4) is 0 Å². The molecule has 0 heterocycles. The van der Waals surface area contributed by atoms with Crippen molar-refractivity contribution in [3.63, 3.8) is 0 Å². The van der Waals surface area contributed by atoms with Gasteiger partial charge in [-0.1, -0.05) is 103 Å². The van der Waals surface area contributed by atoms with Gasteiger partial charge in [0.05, 0.1) is 31.5 Å². The summed E-state index contributed by atoms with van der Waals surface area (Å²) in [5.74, 6) is 0.734. The van der Waals surface area contributed by atoms with Crippen LogP contribution in [0.1, 0.15) is 121 Å². The largest absolute Gasteiger partial charge is 0.496 e. The monoisotopic (exact) mass is 415 g/mol. The van der Waals surface area contributed by atoms with Crippen molar-refractivity contribution in [2.75, 3.05) is 7.11 Å². The number of methoxy groups -OCH3 is 1. The van der Waals surface area contributed by atoms with Gasteiger partial charge in [-0.25, -0.2) is 0 Å². The van der Waals surface area contributed by atoms with Crippen molar-refractivity contribution in [1.82, 2.24) is 0 Å². The van der Waals surface area contributed by atoms with Gasteiger partial charge in [0.15, 0.2) is 0 Å². The molecule has 3 heteroatoms. The molecular weight excluding hydrogens is 370 g/mol. The van der Waals surface area contributed by atoms with Gasteiger partial charge in [-0.05, 0) is 25.5 Å². The number of hydrogen-bond donors (Lipinski definition) is 0. The molecular formula is C27H45NO2. The van der Waals surface area contributed by atoms with Crippen molar-refractivity contribution in [2.24, 2.45) is 0 Å². The normalized spacial score (nSPS) is 11.9. The molecule has 0 amide bonds. The fourth-order valence-electron chi connectivity index (χ4n) is 3.88. The highest BCUT2D eigenvalue weighted by molar-refractivity contribution is 5.42. The van der Waals surface area contributed by atoms with Gasteiger partial charge in [0.1, 0.15) is 5.75 Å². The molecule has 1 atom stereocenters. The van der Waals surface area contributed by atoms with Gasteiger partial charge in [-0.3, -0.25) is 0 Å². The Bertz CT molecular complexity index is 579. The van der Waals surface area contributed by atoms with Crippen LogP contribution in [0.2, 0.25) is 0 Å². The highest BCUT2D eigenvalue weighted by Gasteiger charge is 2.08. The van der Waals surface area contributed by atoms with Crippen LogP contribution in [-0.4, -0.2) is 13.2 Å². The summed E-state index contributed by atoms with van der Waals surface area (Å²) in [4.78, 5) is 0. The van der Waals surface area contributed by atoms with Crippen molar-refractivity contribution in [3.8, 4) is 11.8 Å². The van der Waals surface area contributed by atoms with Crippen LogP contribution in [0, 0.1) is 11.3 Å². The summed E-state index contributed by atoms with van der Waals surface area (Å²) in [7, 11) is 1.64. The summed E-state index contributed by atoms with van der Waals surface area (Å²) in [6.07, 6.45) is 20.9. The van der Waals surface area contributed by atoms with E-state index in [0.717, 1.165) is 17.7 Å². The van der Waals surface area contributed by atoms with Gasteiger partial charge in [0.25, 0.3) is 0 Å². The highest BCUT2D eigenvalue weighted by atomic mass is 16.5. The Labute approximate surface area is 186 Å². The lowest BCUT2D eigenvalue weighted by atomic mass is 10.0. The minimum atomic E-state index is 0.252. The number of nitriles is 1. The smallest absolute Gasteiger partial charge is 0.125 e. The topological polar surface area (TPSA) is 42.2 Å². The molecule has 170 valence electrons. The zero-order valence-electron chi connectivity index (χ0n) is 19.9. The van der Waals surface area contributed by atoms with E-state index in [1.165, 1.54) is 89.9 Å². The van der Waals surface area contributed by atoms with Crippen LogP contribution in [0.15, 0.2) is 18.2 Å². The molecule has 0 aromatic heterocycles. The Morgan fingerprint density at radius 2 is 1.37 bits per heavy atom. The molecule has 0 aliphatic heterocycles. The maximum absolute atomic E-state index is 8.99. The lowest BCUT2D eigenvalue weighted by Crippen LogP contribution is -2.08. The van der Waals surface area contributed by atoms with Crippen LogP contribution in [0.4, 0.5) is 0 Å². The molecule has 0 unspecified atom stereocenters. The minimum Gasteiger partial charge on any atom is -0.496 e. The zero-order valence-corrected chi connectivity index (χ0v) is 19.9. The molecule has 0 saturated heterocycles. The lowest BCUT2D eigenvalue weighted by molar-refractivity contribution is 0.0448. The Kier molecular flexibility index (Phi) is 16.1. The summed E-state index contributed by atoms with van der Waals surface area (Å²) in [5.41, 5.74) is 1.62. The molecule has 3 nitrogen and oxygen atoms in total. The third-order valence-electron chi connectivity index (χ3n) is 5.90. The van der Waals surface area contributed by atoms with E-state index >= 15 is 0 Å². The Morgan fingerprint density at radius 3 is 1.87 bits per heavy atom. The van der Waals surface area contributed by atoms with Crippen LogP contribution < -0.4 is 4.74 Å². The van der Waals surface area contributed by atoms with E-state index in [1.54, 1.807) is 13.2 Å². The number of nitrogens with zero attached hydrogens (tertiary/aromatic N) is 1. The van der Waals surface area contributed by atoms with Crippen molar-refractivity contribution < 1.29 is 9.47 Å². The third-order valence-corrected chi connectivity index (χ3v) is 5.90. The second-order valence-electron chi connectivity index (χ2n) is 8.64. The van der Waals surface area contributed by atoms with Gasteiger partial charge in [0, 0.05) is 5.56 Å². The first-order valence-electron chi connectivity index (χ1n) is 12.4. The summed E-state index contributed by atoms with van der Waals surface area (Å²) >= 11 is 0. The maximum atomic E-state index is 8.99. The molecule has 1 rings (SSSR count). The third kappa shape index (κ3) is 12.9. The van der Waals surface area contributed by atoms with E-state index in [2.05, 4.69) is 19.9 Å². The first-order chi connectivity index (χ1) is 14.7. The van der Waals surface area contributed by atoms with E-state index in [4.69, 9.17) is 14.7 Å². The minimum absolute atomic E-state index is 0.252. The molecule has 0 saturated carbocycles. The van der Waals surface area contributed by atoms with Gasteiger partial charge in [-0.2, -0.15) is 5.26 Å². The van der Waals surface area contributed by atoms with Crippen molar-refractivity contribution >= 4 is 0 Å². The van der Waals surface area contributed by atoms with Crippen LogP contribution >= 0.6 is 0 Å². The molecule has 0 bridgehead atoms. The molecule has 0 spiro atoms. The number of ether oxygens (including phenoxy) is 2. The Hall–Kier alpha value is -1.53. The number of rotatable bonds is 19. The summed E-state index contributed by atoms with van der Waals surface area (Å²) < 4.78 is 11.4. The SMILES string of the molecule is CCCCCCCCCCCCCCCC[C@@H](C)OCc1ccc(C#N)cc1OC. The molecule has 0 N–H and O–H groups in total. The number of benzene rings is 1. The number of unbranched alkanes of at least 4 members (excludes halogenated alkanes) is 13. The standard InChI is InChI=1S/C27H45NO2/c1-4-5-6-7-8-9-10-11-12-13-14-15-16-17-18-24(2)30-23-26-20-19-25(22-28)21-27(26)29-3/h19-21,24H,4-18,23H2,1-3H3/t24-/m1/s1. The average Bonchev–Trinajstić information content (AvgIpc) is 2.77. The summed E-state index contributed by atoms with van der Waals surface area (Å²) in [6.45, 7) is 4.97. The quantitative estimate of drug-likeness (QED) is 0.213. The predicted octanol–water partition coefficient (Wildman–Crippen LogP) is 8.34. The fourth-order valence-corrected chi connectivity index (χ4v) is 3.88. The zero-order chi connectivity index (χ0) is 21.9. The first kappa shape index (κ1) is 26.5. The van der Waals surface area contributed by atoms with E-state index < -0.39 is 0 Å². The number of hydrogen-bond acceptors (Lipinski definition) is 3. The van der Waals surface area contributed by atoms with Gasteiger partial charge in [0.2, 0.25) is 0 Å². The fraction of sp³-hybridized carbons (Fsp3) is 0.741. The van der Waals surface area contributed by atoms with E-state index in [0.29, 0.717) is 12.2 Å². The molecule has 1 aromatic rings. The molecule has 0 aliphatic rings. The highest BCUT2D eigenvalue weighted by Crippen LogP contribution is 2.22. The average molecular weight is 416 g/mol. The maximum Gasteiger partial charge on any atom is 0.125 e. The molecule has 0 fully saturated rings. The van der Waals surface area contributed by atoms with E-state index in [1.807, 2.05) is 12.1 Å². The van der Waals surface area contributed by atoms with Crippen LogP contribution in [0.25, 0.3) is 0 Å². The van der Waals surface area contributed by atoms with E-state index in [9.17, 15) is 0 Å². The first-order valence-corrected chi connectivity index (χ1v) is 12.4. The van der Waals surface area contributed by atoms with Crippen molar-refractivity contribution in [3.05, 3.63) is 29.3 Å². The van der Waals surface area contributed by atoms with Gasteiger partial charge >= 0.3 is 0 Å². The van der Waals surface area contributed by atoms with Crippen molar-refractivity contribution in [2.45, 2.75) is 123 Å². The molecule has 0 radical (unpaired) electrons. The van der Waals surface area contributed by atoms with Crippen molar-refractivity contribution in [1.29, 1.82) is 5.26 Å². The van der Waals surface area contributed by atoms with Crippen LogP contribution in [-0.2, 0) is 11.3 Å². The molecule has 1 aromatic carbocycles. The van der Waals surface area contributed by atoms with Gasteiger partial charge in [-0.15, -0.1) is 0 Å². The predicted molar refractivity (Wildman–Crippen MR) is 127 cm³/mol. The van der Waals surface area contributed by atoms with Gasteiger partial charge < -0.3 is 9.47 Å². The second kappa shape index (κ2) is 18.3. The molecule has 0 aliphatic carbocycles. The van der Waals surface area contributed by atoms with Crippen LogP contribution in [0.5, 0.6) is 5.75 Å². The second-order valence-corrected chi connectivity index (χ2v) is 8.64. The van der Waals surface area contributed by atoms with E-state index in [-0.39, 0.29) is 6.10 Å².